The summed E-state index contributed by atoms with van der Waals surface area (Å²) >= 11 is 7.44. The molecule has 0 saturated carbocycles. The van der Waals surface area contributed by atoms with Gasteiger partial charge in [-0.15, -0.1) is 11.8 Å². The van der Waals surface area contributed by atoms with Gasteiger partial charge in [-0.1, -0.05) is 17.7 Å². The Balaban J connectivity index is 1.45. The van der Waals surface area contributed by atoms with Crippen molar-refractivity contribution in [2.45, 2.75) is 17.4 Å². The zero-order valence-electron chi connectivity index (χ0n) is 13.4. The molecule has 8 heteroatoms. The second-order valence-corrected chi connectivity index (χ2v) is 9.93. The Morgan fingerprint density at radius 3 is 2.62 bits per heavy atom. The van der Waals surface area contributed by atoms with E-state index in [0.717, 1.165) is 24.4 Å². The molecule has 1 unspecified atom stereocenters. The zero-order chi connectivity index (χ0) is 17.2. The number of nitrogens with zero attached hydrogens (tertiary/aromatic N) is 2. The fourth-order valence-electron chi connectivity index (χ4n) is 3.19. The maximum absolute atomic E-state index is 12.3. The van der Waals surface area contributed by atoms with Crippen LogP contribution >= 0.6 is 23.4 Å². The van der Waals surface area contributed by atoms with Gasteiger partial charge in [0.2, 0.25) is 5.91 Å². The number of hydrogen-bond donors (Lipinski definition) is 0. The molecule has 1 atom stereocenters. The number of sulfone groups is 1. The fourth-order valence-corrected chi connectivity index (χ4v) is 6.07. The minimum Gasteiger partial charge on any atom is -0.339 e. The van der Waals surface area contributed by atoms with Crippen LogP contribution in [0.3, 0.4) is 0 Å². The SMILES string of the molecule is O=C(CSc1cccc(Cl)c1)N1CCN(C2CCS(=O)(=O)C2)CC1. The van der Waals surface area contributed by atoms with Crippen molar-refractivity contribution in [2.75, 3.05) is 43.4 Å². The van der Waals surface area contributed by atoms with Gasteiger partial charge < -0.3 is 4.90 Å². The number of halogens is 1. The van der Waals surface area contributed by atoms with Gasteiger partial charge in [0.25, 0.3) is 0 Å². The second kappa shape index (κ2) is 7.64. The molecule has 0 spiro atoms. The van der Waals surface area contributed by atoms with Crippen LogP contribution in [-0.2, 0) is 14.6 Å². The van der Waals surface area contributed by atoms with Gasteiger partial charge in [0.15, 0.2) is 9.84 Å². The van der Waals surface area contributed by atoms with Gasteiger partial charge in [0.1, 0.15) is 0 Å². The quantitative estimate of drug-likeness (QED) is 0.736. The molecule has 2 heterocycles. The second-order valence-electron chi connectivity index (χ2n) is 6.22. The van der Waals surface area contributed by atoms with Crippen LogP contribution in [0, 0.1) is 0 Å². The van der Waals surface area contributed by atoms with Gasteiger partial charge in [-0.3, -0.25) is 9.69 Å². The highest BCUT2D eigenvalue weighted by atomic mass is 35.5. The van der Waals surface area contributed by atoms with Crippen LogP contribution in [0.15, 0.2) is 29.2 Å². The summed E-state index contributed by atoms with van der Waals surface area (Å²) in [6.07, 6.45) is 0.723. The van der Waals surface area contributed by atoms with E-state index in [9.17, 15) is 13.2 Å². The number of thioether (sulfide) groups is 1. The lowest BCUT2D eigenvalue weighted by molar-refractivity contribution is -0.130. The number of benzene rings is 1. The number of carbonyl (C=O) groups excluding carboxylic acids is 1. The molecule has 0 aromatic heterocycles. The van der Waals surface area contributed by atoms with Crippen LogP contribution in [-0.4, -0.2) is 73.6 Å². The van der Waals surface area contributed by atoms with E-state index in [-0.39, 0.29) is 17.7 Å². The van der Waals surface area contributed by atoms with Crippen molar-refractivity contribution in [1.29, 1.82) is 0 Å². The summed E-state index contributed by atoms with van der Waals surface area (Å²) in [6.45, 7) is 2.86. The summed E-state index contributed by atoms with van der Waals surface area (Å²) in [5.74, 6) is 1.09. The van der Waals surface area contributed by atoms with E-state index in [1.807, 2.05) is 29.2 Å². The van der Waals surface area contributed by atoms with Crippen LogP contribution < -0.4 is 0 Å². The largest absolute Gasteiger partial charge is 0.339 e. The monoisotopic (exact) mass is 388 g/mol. The predicted octanol–water partition coefficient (Wildman–Crippen LogP) is 1.76. The van der Waals surface area contributed by atoms with E-state index in [1.165, 1.54) is 11.8 Å². The molecule has 24 heavy (non-hydrogen) atoms. The fraction of sp³-hybridized carbons (Fsp3) is 0.562. The van der Waals surface area contributed by atoms with Crippen LogP contribution in [0.4, 0.5) is 0 Å². The molecule has 1 aromatic carbocycles. The topological polar surface area (TPSA) is 57.7 Å². The molecular formula is C16H21ClN2O3S2. The summed E-state index contributed by atoms with van der Waals surface area (Å²) < 4.78 is 23.2. The van der Waals surface area contributed by atoms with Crippen LogP contribution in [0.1, 0.15) is 6.42 Å². The van der Waals surface area contributed by atoms with Crippen LogP contribution in [0.5, 0.6) is 0 Å². The highest BCUT2D eigenvalue weighted by molar-refractivity contribution is 8.00. The Hall–Kier alpha value is -0.760. The van der Waals surface area contributed by atoms with Crippen LogP contribution in [0.2, 0.25) is 5.02 Å². The molecular weight excluding hydrogens is 368 g/mol. The number of amides is 1. The lowest BCUT2D eigenvalue weighted by atomic mass is 10.2. The average Bonchev–Trinajstić information content (AvgIpc) is 2.93. The lowest BCUT2D eigenvalue weighted by Gasteiger charge is -2.37. The van der Waals surface area contributed by atoms with Crippen LogP contribution in [0.25, 0.3) is 0 Å². The number of hydrogen-bond acceptors (Lipinski definition) is 5. The van der Waals surface area contributed by atoms with Crippen molar-refractivity contribution in [3.63, 3.8) is 0 Å². The van der Waals surface area contributed by atoms with Crippen molar-refractivity contribution >= 4 is 39.1 Å². The van der Waals surface area contributed by atoms with E-state index in [1.54, 1.807) is 0 Å². The molecule has 0 radical (unpaired) electrons. The maximum Gasteiger partial charge on any atom is 0.233 e. The minimum atomic E-state index is -2.85. The molecule has 0 aliphatic carbocycles. The Labute approximate surface area is 152 Å². The molecule has 2 aliphatic heterocycles. The highest BCUT2D eigenvalue weighted by Crippen LogP contribution is 2.23. The summed E-state index contributed by atoms with van der Waals surface area (Å²) in [4.78, 5) is 17.4. The van der Waals surface area contributed by atoms with Gasteiger partial charge in [-0.05, 0) is 24.6 Å². The van der Waals surface area contributed by atoms with E-state index in [2.05, 4.69) is 4.90 Å². The first-order valence-electron chi connectivity index (χ1n) is 8.03. The average molecular weight is 389 g/mol. The molecule has 132 valence electrons. The smallest absolute Gasteiger partial charge is 0.233 e. The Morgan fingerprint density at radius 1 is 1.25 bits per heavy atom. The highest BCUT2D eigenvalue weighted by Gasteiger charge is 2.34. The Kier molecular flexibility index (Phi) is 5.74. The normalized spacial score (nSPS) is 24.2. The molecule has 0 bridgehead atoms. The van der Waals surface area contributed by atoms with Crippen molar-refractivity contribution in [1.82, 2.24) is 9.80 Å². The van der Waals surface area contributed by atoms with Gasteiger partial charge in [0.05, 0.1) is 17.3 Å². The van der Waals surface area contributed by atoms with E-state index in [4.69, 9.17) is 11.6 Å². The summed E-state index contributed by atoms with van der Waals surface area (Å²) in [6, 6.07) is 7.63. The molecule has 3 rings (SSSR count). The molecule has 1 amide bonds. The molecule has 5 nitrogen and oxygen atoms in total. The van der Waals surface area contributed by atoms with Crippen molar-refractivity contribution < 1.29 is 13.2 Å². The first-order chi connectivity index (χ1) is 11.4. The summed E-state index contributed by atoms with van der Waals surface area (Å²) in [7, 11) is -2.85. The zero-order valence-corrected chi connectivity index (χ0v) is 15.7. The Bertz CT molecular complexity index is 703. The van der Waals surface area contributed by atoms with E-state index in [0.29, 0.717) is 29.6 Å². The molecule has 2 saturated heterocycles. The molecule has 2 fully saturated rings. The Morgan fingerprint density at radius 2 is 2.00 bits per heavy atom. The third kappa shape index (κ3) is 4.65. The molecule has 1 aromatic rings. The van der Waals surface area contributed by atoms with Crippen molar-refractivity contribution in [3.05, 3.63) is 29.3 Å². The minimum absolute atomic E-state index is 0.124. The van der Waals surface area contributed by atoms with Gasteiger partial charge in [0, 0.05) is 42.1 Å². The third-order valence-electron chi connectivity index (χ3n) is 4.55. The van der Waals surface area contributed by atoms with E-state index < -0.39 is 9.84 Å². The first-order valence-corrected chi connectivity index (χ1v) is 11.2. The standard InChI is InChI=1S/C16H21ClN2O3S2/c17-13-2-1-3-15(10-13)23-11-16(20)19-7-5-18(6-8-19)14-4-9-24(21,22)12-14/h1-3,10,14H,4-9,11-12H2. The number of piperazine rings is 1. The summed E-state index contributed by atoms with van der Waals surface area (Å²) in [5.41, 5.74) is 0. The third-order valence-corrected chi connectivity index (χ3v) is 7.51. The molecule has 2 aliphatic rings. The number of carbonyl (C=O) groups is 1. The van der Waals surface area contributed by atoms with Gasteiger partial charge in [-0.25, -0.2) is 8.42 Å². The summed E-state index contributed by atoms with van der Waals surface area (Å²) in [5, 5.41) is 0.674. The molecule has 0 N–H and O–H groups in total. The van der Waals surface area contributed by atoms with Gasteiger partial charge >= 0.3 is 0 Å². The van der Waals surface area contributed by atoms with Gasteiger partial charge in [-0.2, -0.15) is 0 Å². The van der Waals surface area contributed by atoms with E-state index >= 15 is 0 Å². The number of rotatable bonds is 4. The predicted molar refractivity (Wildman–Crippen MR) is 97.4 cm³/mol. The lowest BCUT2D eigenvalue weighted by Crippen LogP contribution is -2.52. The first kappa shape index (κ1) is 18.0. The maximum atomic E-state index is 12.3. The van der Waals surface area contributed by atoms with Crippen molar-refractivity contribution in [2.24, 2.45) is 0 Å². The van der Waals surface area contributed by atoms with Crippen molar-refractivity contribution in [3.8, 4) is 0 Å².